The third kappa shape index (κ3) is 4.57. The number of carbonyl (C=O) groups is 1. The predicted molar refractivity (Wildman–Crippen MR) is 108 cm³/mol. The van der Waals surface area contributed by atoms with Gasteiger partial charge in [-0.2, -0.15) is 0 Å². The van der Waals surface area contributed by atoms with Gasteiger partial charge in [0.25, 0.3) is 5.91 Å². The maximum absolute atomic E-state index is 12.8. The van der Waals surface area contributed by atoms with Gasteiger partial charge in [-0.1, -0.05) is 54.1 Å². The highest BCUT2D eigenvalue weighted by Gasteiger charge is 2.13. The smallest absolute Gasteiger partial charge is 0.291 e. The van der Waals surface area contributed by atoms with Gasteiger partial charge < -0.3 is 10.6 Å². The number of amides is 1. The quantitative estimate of drug-likeness (QED) is 0.514. The molecule has 130 valence electrons. The minimum Gasteiger partial charge on any atom is -0.336 e. The van der Waals surface area contributed by atoms with E-state index in [0.717, 1.165) is 28.2 Å². The van der Waals surface area contributed by atoms with Crippen LogP contribution in [0.25, 0.3) is 0 Å². The molecule has 26 heavy (non-hydrogen) atoms. The van der Waals surface area contributed by atoms with Gasteiger partial charge in [-0.25, -0.2) is 4.99 Å². The maximum atomic E-state index is 12.8. The first-order valence-corrected chi connectivity index (χ1v) is 8.46. The van der Waals surface area contributed by atoms with Crippen molar-refractivity contribution in [1.82, 2.24) is 0 Å². The second-order valence-electron chi connectivity index (χ2n) is 6.06. The number of rotatable bonds is 3. The summed E-state index contributed by atoms with van der Waals surface area (Å²) in [5.74, 6) is -0.0490. The largest absolute Gasteiger partial charge is 0.336 e. The van der Waals surface area contributed by atoms with Gasteiger partial charge in [0.2, 0.25) is 0 Å². The molecular formula is C22H21N3O. The molecule has 4 heteroatoms. The highest BCUT2D eigenvalue weighted by atomic mass is 16.2. The van der Waals surface area contributed by atoms with Gasteiger partial charge in [0.15, 0.2) is 5.84 Å². The van der Waals surface area contributed by atoms with E-state index in [2.05, 4.69) is 15.6 Å². The minimum absolute atomic E-state index is 0.243. The van der Waals surface area contributed by atoms with Crippen LogP contribution < -0.4 is 10.6 Å². The lowest BCUT2D eigenvalue weighted by atomic mass is 10.1. The molecule has 0 bridgehead atoms. The normalized spacial score (nSPS) is 11.1. The average molecular weight is 343 g/mol. The van der Waals surface area contributed by atoms with Crippen molar-refractivity contribution in [2.75, 3.05) is 10.6 Å². The Labute approximate surface area is 153 Å². The summed E-state index contributed by atoms with van der Waals surface area (Å²) in [6.45, 7) is 4.02. The maximum Gasteiger partial charge on any atom is 0.291 e. The predicted octanol–water partition coefficient (Wildman–Crippen LogP) is 5.08. The first kappa shape index (κ1) is 17.4. The number of aliphatic imine (C=N–C) groups is 1. The summed E-state index contributed by atoms with van der Waals surface area (Å²) in [5, 5.41) is 6.01. The number of para-hydroxylation sites is 2. The molecule has 3 aromatic carbocycles. The van der Waals surface area contributed by atoms with E-state index < -0.39 is 0 Å². The fourth-order valence-electron chi connectivity index (χ4n) is 2.56. The molecule has 0 saturated heterocycles. The van der Waals surface area contributed by atoms with Crippen molar-refractivity contribution in [1.29, 1.82) is 0 Å². The number of carbonyl (C=O) groups excluding carboxylic acids is 1. The first-order valence-electron chi connectivity index (χ1n) is 8.46. The number of benzene rings is 3. The molecule has 0 atom stereocenters. The van der Waals surface area contributed by atoms with Crippen LogP contribution in [-0.2, 0) is 4.79 Å². The molecule has 0 spiro atoms. The van der Waals surface area contributed by atoms with Crippen LogP contribution in [0.3, 0.4) is 0 Å². The van der Waals surface area contributed by atoms with Crippen molar-refractivity contribution in [3.63, 3.8) is 0 Å². The minimum atomic E-state index is -0.292. The number of anilines is 2. The number of hydrogen-bond acceptors (Lipinski definition) is 2. The van der Waals surface area contributed by atoms with Gasteiger partial charge >= 0.3 is 0 Å². The molecule has 0 aliphatic rings. The van der Waals surface area contributed by atoms with Crippen LogP contribution in [0.15, 0.2) is 83.9 Å². The van der Waals surface area contributed by atoms with E-state index in [4.69, 9.17) is 0 Å². The van der Waals surface area contributed by atoms with Crippen LogP contribution in [0.5, 0.6) is 0 Å². The van der Waals surface area contributed by atoms with Crippen LogP contribution in [0, 0.1) is 13.8 Å². The van der Waals surface area contributed by atoms with Crippen molar-refractivity contribution in [3.8, 4) is 0 Å². The molecule has 0 unspecified atom stereocenters. The Balaban J connectivity index is 1.92. The molecule has 0 aliphatic heterocycles. The molecule has 0 aliphatic carbocycles. The van der Waals surface area contributed by atoms with Crippen LogP contribution in [-0.4, -0.2) is 11.7 Å². The van der Waals surface area contributed by atoms with Gasteiger partial charge in [0.05, 0.1) is 5.69 Å². The Kier molecular flexibility index (Phi) is 5.44. The van der Waals surface area contributed by atoms with Crippen LogP contribution in [0.1, 0.15) is 11.1 Å². The zero-order valence-electron chi connectivity index (χ0n) is 14.9. The van der Waals surface area contributed by atoms with E-state index in [1.54, 1.807) is 0 Å². The lowest BCUT2D eigenvalue weighted by molar-refractivity contribution is -0.110. The average Bonchev–Trinajstić information content (AvgIpc) is 2.65. The van der Waals surface area contributed by atoms with E-state index in [1.807, 2.05) is 92.7 Å². The number of nitrogens with zero attached hydrogens (tertiary/aromatic N) is 1. The molecule has 1 amide bonds. The van der Waals surface area contributed by atoms with Crippen molar-refractivity contribution in [2.24, 2.45) is 4.99 Å². The highest BCUT2D eigenvalue weighted by Crippen LogP contribution is 2.20. The molecular weight excluding hydrogens is 322 g/mol. The number of aryl methyl sites for hydroxylation is 2. The van der Waals surface area contributed by atoms with Gasteiger partial charge in [-0.05, 0) is 49.7 Å². The lowest BCUT2D eigenvalue weighted by Crippen LogP contribution is -2.29. The second-order valence-corrected chi connectivity index (χ2v) is 6.06. The van der Waals surface area contributed by atoms with E-state index >= 15 is 0 Å². The molecule has 3 aromatic rings. The summed E-state index contributed by atoms with van der Waals surface area (Å²) in [4.78, 5) is 17.4. The van der Waals surface area contributed by atoms with E-state index in [1.165, 1.54) is 0 Å². The van der Waals surface area contributed by atoms with E-state index in [0.29, 0.717) is 0 Å². The summed E-state index contributed by atoms with van der Waals surface area (Å²) < 4.78 is 0. The van der Waals surface area contributed by atoms with Crippen LogP contribution >= 0.6 is 0 Å². The lowest BCUT2D eigenvalue weighted by Gasteiger charge is -2.12. The topological polar surface area (TPSA) is 53.5 Å². The van der Waals surface area contributed by atoms with Crippen molar-refractivity contribution < 1.29 is 4.79 Å². The van der Waals surface area contributed by atoms with Crippen LogP contribution in [0.2, 0.25) is 0 Å². The van der Waals surface area contributed by atoms with Gasteiger partial charge in [0, 0.05) is 11.4 Å². The van der Waals surface area contributed by atoms with Crippen molar-refractivity contribution in [2.45, 2.75) is 13.8 Å². The Bertz CT molecular complexity index is 919. The molecule has 0 heterocycles. The SMILES string of the molecule is Cc1ccc(N=C(Nc2ccccc2)C(=O)Nc2ccccc2)c(C)c1. The number of amidine groups is 1. The van der Waals surface area contributed by atoms with Gasteiger partial charge in [0.1, 0.15) is 0 Å². The summed E-state index contributed by atoms with van der Waals surface area (Å²) in [5.41, 5.74) is 4.47. The zero-order valence-corrected chi connectivity index (χ0v) is 14.9. The molecule has 0 aromatic heterocycles. The van der Waals surface area contributed by atoms with Gasteiger partial charge in [-0.15, -0.1) is 0 Å². The molecule has 0 saturated carbocycles. The zero-order chi connectivity index (χ0) is 18.4. The summed E-state index contributed by atoms with van der Waals surface area (Å²) >= 11 is 0. The Morgan fingerprint density at radius 2 is 1.35 bits per heavy atom. The standard InChI is InChI=1S/C22H21N3O/c1-16-13-14-20(17(2)15-16)25-21(23-18-9-5-3-6-10-18)22(26)24-19-11-7-4-8-12-19/h3-15H,1-2H3,(H,23,25)(H,24,26). The summed E-state index contributed by atoms with van der Waals surface area (Å²) in [6, 6.07) is 24.8. The molecule has 0 radical (unpaired) electrons. The van der Waals surface area contributed by atoms with Crippen LogP contribution in [0.4, 0.5) is 17.1 Å². The molecule has 2 N–H and O–H groups in total. The third-order valence-electron chi connectivity index (χ3n) is 3.87. The van der Waals surface area contributed by atoms with E-state index in [9.17, 15) is 4.79 Å². The highest BCUT2D eigenvalue weighted by molar-refractivity contribution is 6.46. The molecule has 4 nitrogen and oxygen atoms in total. The fourth-order valence-corrected chi connectivity index (χ4v) is 2.56. The molecule has 0 fully saturated rings. The Morgan fingerprint density at radius 1 is 0.769 bits per heavy atom. The van der Waals surface area contributed by atoms with E-state index in [-0.39, 0.29) is 11.7 Å². The summed E-state index contributed by atoms with van der Waals surface area (Å²) in [7, 11) is 0. The second kappa shape index (κ2) is 8.12. The summed E-state index contributed by atoms with van der Waals surface area (Å²) in [6.07, 6.45) is 0. The monoisotopic (exact) mass is 343 g/mol. The number of nitrogens with one attached hydrogen (secondary N) is 2. The number of hydrogen-bond donors (Lipinski definition) is 2. The third-order valence-corrected chi connectivity index (χ3v) is 3.87. The Hall–Kier alpha value is -3.40. The van der Waals surface area contributed by atoms with Crippen molar-refractivity contribution in [3.05, 3.63) is 90.0 Å². The van der Waals surface area contributed by atoms with Gasteiger partial charge in [-0.3, -0.25) is 4.79 Å². The fraction of sp³-hybridized carbons (Fsp3) is 0.0909. The van der Waals surface area contributed by atoms with Crippen molar-refractivity contribution >= 4 is 28.8 Å². The Morgan fingerprint density at radius 3 is 1.92 bits per heavy atom. The molecule has 3 rings (SSSR count). The first-order chi connectivity index (χ1) is 12.6.